The Morgan fingerprint density at radius 3 is 2.29 bits per heavy atom. The molecule has 2 aliphatic rings. The Hall–Kier alpha value is -0.860. The van der Waals surface area contributed by atoms with E-state index in [-0.39, 0.29) is 17.7 Å². The van der Waals surface area contributed by atoms with Crippen LogP contribution in [-0.4, -0.2) is 29.2 Å². The molecule has 1 amide bonds. The van der Waals surface area contributed by atoms with Gasteiger partial charge in [0.25, 0.3) is 0 Å². The van der Waals surface area contributed by atoms with Crippen LogP contribution in [0.4, 0.5) is 0 Å². The molecular formula is C11H17NO2. The molecule has 0 aromatic rings. The molecule has 2 fully saturated rings. The fourth-order valence-corrected chi connectivity index (χ4v) is 2.92. The standard InChI is InChI=1S/C11H17NO2/c1-7(13)11-10-4-3-9(10)5-6-12(11)8(2)14/h9-11H,3-6H2,1-2H3. The summed E-state index contributed by atoms with van der Waals surface area (Å²) in [6, 6.07) is -0.111. The summed E-state index contributed by atoms with van der Waals surface area (Å²) in [5.41, 5.74) is 0. The second-order valence-electron chi connectivity index (χ2n) is 4.56. The van der Waals surface area contributed by atoms with Gasteiger partial charge in [-0.2, -0.15) is 0 Å². The third-order valence-corrected chi connectivity index (χ3v) is 3.78. The number of ketones is 1. The van der Waals surface area contributed by atoms with Gasteiger partial charge in [-0.1, -0.05) is 0 Å². The molecule has 3 nitrogen and oxygen atoms in total. The van der Waals surface area contributed by atoms with Gasteiger partial charge in [0.1, 0.15) is 0 Å². The second kappa shape index (κ2) is 3.37. The number of likely N-dealkylation sites (tertiary alicyclic amines) is 1. The molecule has 78 valence electrons. The van der Waals surface area contributed by atoms with Crippen LogP contribution < -0.4 is 0 Å². The first-order valence-corrected chi connectivity index (χ1v) is 5.39. The van der Waals surface area contributed by atoms with Gasteiger partial charge in [0, 0.05) is 13.5 Å². The average molecular weight is 195 g/mol. The van der Waals surface area contributed by atoms with Crippen LogP contribution in [0.5, 0.6) is 0 Å². The molecule has 0 bridgehead atoms. The quantitative estimate of drug-likeness (QED) is 0.631. The lowest BCUT2D eigenvalue weighted by atomic mass is 9.64. The molecule has 1 saturated heterocycles. The Bertz CT molecular complexity index is 274. The van der Waals surface area contributed by atoms with Crippen molar-refractivity contribution in [2.75, 3.05) is 6.54 Å². The van der Waals surface area contributed by atoms with Crippen molar-refractivity contribution in [2.24, 2.45) is 11.8 Å². The molecule has 0 radical (unpaired) electrons. The Balaban J connectivity index is 2.17. The molecule has 1 aliphatic heterocycles. The Morgan fingerprint density at radius 2 is 1.86 bits per heavy atom. The zero-order valence-corrected chi connectivity index (χ0v) is 8.82. The van der Waals surface area contributed by atoms with Crippen molar-refractivity contribution in [2.45, 2.75) is 39.2 Å². The average Bonchev–Trinajstić information content (AvgIpc) is 2.05. The van der Waals surface area contributed by atoms with Crippen LogP contribution in [0.15, 0.2) is 0 Å². The lowest BCUT2D eigenvalue weighted by Gasteiger charge is -2.50. The van der Waals surface area contributed by atoms with Crippen LogP contribution >= 0.6 is 0 Å². The number of Topliss-reactive ketones (excluding diaryl/α,β-unsaturated/α-hetero) is 1. The highest BCUT2D eigenvalue weighted by atomic mass is 16.2. The first-order chi connectivity index (χ1) is 6.61. The summed E-state index contributed by atoms with van der Waals surface area (Å²) in [7, 11) is 0. The maximum absolute atomic E-state index is 11.5. The number of carbonyl (C=O) groups is 2. The van der Waals surface area contributed by atoms with Gasteiger partial charge in [0.15, 0.2) is 5.78 Å². The van der Waals surface area contributed by atoms with E-state index in [2.05, 4.69) is 0 Å². The van der Waals surface area contributed by atoms with E-state index in [0.717, 1.165) is 19.4 Å². The van der Waals surface area contributed by atoms with Gasteiger partial charge in [-0.05, 0) is 38.0 Å². The van der Waals surface area contributed by atoms with E-state index in [9.17, 15) is 9.59 Å². The zero-order chi connectivity index (χ0) is 10.3. The molecule has 0 aromatic carbocycles. The van der Waals surface area contributed by atoms with Crippen molar-refractivity contribution < 1.29 is 9.59 Å². The highest BCUT2D eigenvalue weighted by Gasteiger charge is 2.45. The summed E-state index contributed by atoms with van der Waals surface area (Å²) in [5.74, 6) is 1.38. The number of hydrogen-bond donors (Lipinski definition) is 0. The van der Waals surface area contributed by atoms with Crippen molar-refractivity contribution in [1.82, 2.24) is 4.90 Å². The number of amides is 1. The van der Waals surface area contributed by atoms with E-state index in [1.54, 1.807) is 18.7 Å². The largest absolute Gasteiger partial charge is 0.333 e. The lowest BCUT2D eigenvalue weighted by Crippen LogP contribution is -2.57. The second-order valence-corrected chi connectivity index (χ2v) is 4.56. The lowest BCUT2D eigenvalue weighted by molar-refractivity contribution is -0.146. The molecule has 2 rings (SSSR count). The Morgan fingerprint density at radius 1 is 1.14 bits per heavy atom. The van der Waals surface area contributed by atoms with Gasteiger partial charge in [-0.15, -0.1) is 0 Å². The van der Waals surface area contributed by atoms with Gasteiger partial charge in [-0.3, -0.25) is 9.59 Å². The van der Waals surface area contributed by atoms with Gasteiger partial charge < -0.3 is 4.90 Å². The first-order valence-electron chi connectivity index (χ1n) is 5.39. The number of hydrogen-bond acceptors (Lipinski definition) is 2. The molecule has 3 heteroatoms. The minimum absolute atomic E-state index is 0.0514. The van der Waals surface area contributed by atoms with Crippen LogP contribution in [0.1, 0.15) is 33.1 Å². The van der Waals surface area contributed by atoms with Gasteiger partial charge in [-0.25, -0.2) is 0 Å². The molecule has 3 unspecified atom stereocenters. The van der Waals surface area contributed by atoms with Crippen LogP contribution in [0.2, 0.25) is 0 Å². The number of piperidine rings is 1. The SMILES string of the molecule is CC(=O)C1C2CCC2CCN1C(C)=O. The molecule has 14 heavy (non-hydrogen) atoms. The van der Waals surface area contributed by atoms with Crippen LogP contribution in [-0.2, 0) is 9.59 Å². The molecular weight excluding hydrogens is 178 g/mol. The predicted octanol–water partition coefficient (Wildman–Crippen LogP) is 1.22. The van der Waals surface area contributed by atoms with E-state index in [1.807, 2.05) is 0 Å². The highest BCUT2D eigenvalue weighted by Crippen LogP contribution is 2.44. The molecule has 1 saturated carbocycles. The van der Waals surface area contributed by atoms with Crippen LogP contribution in [0.3, 0.4) is 0 Å². The van der Waals surface area contributed by atoms with E-state index >= 15 is 0 Å². The predicted molar refractivity (Wildman–Crippen MR) is 52.7 cm³/mol. The van der Waals surface area contributed by atoms with Crippen LogP contribution in [0, 0.1) is 11.8 Å². The number of fused-ring (bicyclic) bond motifs is 1. The van der Waals surface area contributed by atoms with Crippen molar-refractivity contribution in [3.8, 4) is 0 Å². The van der Waals surface area contributed by atoms with E-state index in [1.165, 1.54) is 6.42 Å². The summed E-state index contributed by atoms with van der Waals surface area (Å²) in [4.78, 5) is 24.6. The fourth-order valence-electron chi connectivity index (χ4n) is 2.92. The van der Waals surface area contributed by atoms with E-state index < -0.39 is 0 Å². The summed E-state index contributed by atoms with van der Waals surface area (Å²) in [6.45, 7) is 3.96. The summed E-state index contributed by atoms with van der Waals surface area (Å²) in [5, 5.41) is 0. The number of nitrogens with zero attached hydrogens (tertiary/aromatic N) is 1. The maximum Gasteiger partial charge on any atom is 0.220 e. The van der Waals surface area contributed by atoms with E-state index in [0.29, 0.717) is 11.8 Å². The third kappa shape index (κ3) is 1.35. The van der Waals surface area contributed by atoms with Gasteiger partial charge in [0.05, 0.1) is 6.04 Å². The van der Waals surface area contributed by atoms with Crippen molar-refractivity contribution in [1.29, 1.82) is 0 Å². The molecule has 0 N–H and O–H groups in total. The zero-order valence-electron chi connectivity index (χ0n) is 8.82. The summed E-state index contributed by atoms with van der Waals surface area (Å²) < 4.78 is 0. The van der Waals surface area contributed by atoms with Crippen molar-refractivity contribution >= 4 is 11.7 Å². The minimum Gasteiger partial charge on any atom is -0.333 e. The van der Waals surface area contributed by atoms with Gasteiger partial charge in [0.2, 0.25) is 5.91 Å². The molecule has 1 heterocycles. The Kier molecular flexibility index (Phi) is 2.33. The minimum atomic E-state index is -0.111. The monoisotopic (exact) mass is 195 g/mol. The molecule has 0 spiro atoms. The number of rotatable bonds is 1. The molecule has 3 atom stereocenters. The van der Waals surface area contributed by atoms with Crippen molar-refractivity contribution in [3.05, 3.63) is 0 Å². The molecule has 1 aliphatic carbocycles. The Labute approximate surface area is 84.5 Å². The highest BCUT2D eigenvalue weighted by molar-refractivity contribution is 5.87. The van der Waals surface area contributed by atoms with Crippen molar-refractivity contribution in [3.63, 3.8) is 0 Å². The van der Waals surface area contributed by atoms with Crippen LogP contribution in [0.25, 0.3) is 0 Å². The summed E-state index contributed by atoms with van der Waals surface area (Å²) in [6.07, 6.45) is 3.47. The maximum atomic E-state index is 11.5. The summed E-state index contributed by atoms with van der Waals surface area (Å²) >= 11 is 0. The normalized spacial score (nSPS) is 35.9. The van der Waals surface area contributed by atoms with Gasteiger partial charge >= 0.3 is 0 Å². The third-order valence-electron chi connectivity index (χ3n) is 3.78. The fraction of sp³-hybridized carbons (Fsp3) is 0.818. The van der Waals surface area contributed by atoms with E-state index in [4.69, 9.17) is 0 Å². The topological polar surface area (TPSA) is 37.4 Å². The number of carbonyl (C=O) groups excluding carboxylic acids is 2. The first kappa shape index (κ1) is 9.69. The molecule has 0 aromatic heterocycles. The smallest absolute Gasteiger partial charge is 0.220 e.